The summed E-state index contributed by atoms with van der Waals surface area (Å²) in [6.07, 6.45) is 1.44. The van der Waals surface area contributed by atoms with Gasteiger partial charge in [0.15, 0.2) is 0 Å². The highest BCUT2D eigenvalue weighted by Gasteiger charge is 2.51. The van der Waals surface area contributed by atoms with Crippen molar-refractivity contribution in [1.82, 2.24) is 9.47 Å². The summed E-state index contributed by atoms with van der Waals surface area (Å²) in [4.78, 5) is 27.3. The number of ether oxygens (including phenoxy) is 1. The van der Waals surface area contributed by atoms with Crippen molar-refractivity contribution < 1.29 is 18.8 Å². The van der Waals surface area contributed by atoms with Crippen molar-refractivity contribution in [2.45, 2.75) is 97.6 Å². The molecule has 2 aliphatic rings. The average molecular weight is 418 g/mol. The maximum absolute atomic E-state index is 13.0. The van der Waals surface area contributed by atoms with Gasteiger partial charge in [-0.05, 0) is 79.8 Å². The molecule has 3 heterocycles. The summed E-state index contributed by atoms with van der Waals surface area (Å²) >= 11 is 0. The third-order valence-corrected chi connectivity index (χ3v) is 6.28. The van der Waals surface area contributed by atoms with Crippen LogP contribution in [0.1, 0.15) is 67.0 Å². The van der Waals surface area contributed by atoms with Crippen LogP contribution in [0.15, 0.2) is 16.9 Å². The summed E-state index contributed by atoms with van der Waals surface area (Å²) in [5.41, 5.74) is -0.0282. The zero-order chi connectivity index (χ0) is 22.5. The molecule has 1 aromatic heterocycles. The van der Waals surface area contributed by atoms with Crippen LogP contribution in [0.25, 0.3) is 0 Å². The van der Waals surface area contributed by atoms with E-state index in [0.717, 1.165) is 24.0 Å². The standard InChI is InChI=1S/C22H35BN2O5/c1-15-12-16(23-29-21(5,6)22(7,8)30-23)13-18(26)25(15)14-17-10-9-11-24(17)19(27)28-20(2,3)4/h12-13,17H,9-11,14H2,1-8H3. The molecule has 2 saturated heterocycles. The summed E-state index contributed by atoms with van der Waals surface area (Å²) in [6, 6.07) is 3.47. The minimum atomic E-state index is -0.569. The van der Waals surface area contributed by atoms with Gasteiger partial charge in [0.05, 0.1) is 17.2 Å². The summed E-state index contributed by atoms with van der Waals surface area (Å²) < 4.78 is 19.4. The Morgan fingerprint density at radius 1 is 1.20 bits per heavy atom. The molecule has 1 atom stereocenters. The Bertz CT molecular complexity index is 855. The Balaban J connectivity index is 1.78. The molecule has 1 aromatic rings. The van der Waals surface area contributed by atoms with Gasteiger partial charge in [0.1, 0.15) is 5.60 Å². The molecule has 8 heteroatoms. The molecule has 166 valence electrons. The molecule has 0 spiro atoms. The molecule has 0 aliphatic carbocycles. The van der Waals surface area contributed by atoms with E-state index in [0.29, 0.717) is 13.1 Å². The fourth-order valence-electron chi connectivity index (χ4n) is 3.90. The lowest BCUT2D eigenvalue weighted by Gasteiger charge is -2.32. The second-order valence-corrected chi connectivity index (χ2v) is 10.4. The van der Waals surface area contributed by atoms with Crippen LogP contribution >= 0.6 is 0 Å². The van der Waals surface area contributed by atoms with Gasteiger partial charge in [-0.2, -0.15) is 0 Å². The average Bonchev–Trinajstić information content (AvgIpc) is 3.11. The van der Waals surface area contributed by atoms with Crippen LogP contribution in [0.5, 0.6) is 0 Å². The second-order valence-electron chi connectivity index (χ2n) is 10.4. The van der Waals surface area contributed by atoms with Crippen LogP contribution < -0.4 is 11.0 Å². The Morgan fingerprint density at radius 3 is 2.33 bits per heavy atom. The number of aryl methyl sites for hydroxylation is 1. The number of hydrogen-bond donors (Lipinski definition) is 0. The number of rotatable bonds is 3. The van der Waals surface area contributed by atoms with Gasteiger partial charge in [-0.1, -0.05) is 0 Å². The van der Waals surface area contributed by atoms with Crippen molar-refractivity contribution in [3.05, 3.63) is 28.2 Å². The molecule has 2 fully saturated rings. The Morgan fingerprint density at radius 2 is 1.80 bits per heavy atom. The number of pyridine rings is 1. The van der Waals surface area contributed by atoms with Gasteiger partial charge in [0.2, 0.25) is 5.56 Å². The number of likely N-dealkylation sites (tertiary alicyclic amines) is 1. The van der Waals surface area contributed by atoms with E-state index < -0.39 is 23.9 Å². The molecule has 30 heavy (non-hydrogen) atoms. The normalized spacial score (nSPS) is 23.1. The molecule has 0 N–H and O–H groups in total. The van der Waals surface area contributed by atoms with Crippen molar-refractivity contribution in [3.63, 3.8) is 0 Å². The highest BCUT2D eigenvalue weighted by atomic mass is 16.7. The molecule has 0 aromatic carbocycles. The molecule has 7 nitrogen and oxygen atoms in total. The minimum absolute atomic E-state index is 0.0565. The van der Waals surface area contributed by atoms with Crippen molar-refractivity contribution in [2.75, 3.05) is 6.54 Å². The maximum atomic E-state index is 13.0. The first-order chi connectivity index (χ1) is 13.7. The summed E-state index contributed by atoms with van der Waals surface area (Å²) in [5.74, 6) is 0. The van der Waals surface area contributed by atoms with E-state index in [4.69, 9.17) is 14.0 Å². The van der Waals surface area contributed by atoms with Crippen LogP contribution in [0.4, 0.5) is 4.79 Å². The number of carbonyl (C=O) groups is 1. The molecular weight excluding hydrogens is 383 g/mol. The lowest BCUT2D eigenvalue weighted by atomic mass is 9.79. The Labute approximate surface area is 179 Å². The maximum Gasteiger partial charge on any atom is 0.495 e. The lowest BCUT2D eigenvalue weighted by Crippen LogP contribution is -2.44. The van der Waals surface area contributed by atoms with Crippen molar-refractivity contribution >= 4 is 18.7 Å². The number of aromatic nitrogens is 1. The van der Waals surface area contributed by atoms with Crippen molar-refractivity contribution in [2.24, 2.45) is 0 Å². The molecule has 2 aliphatic heterocycles. The molecular formula is C22H35BN2O5. The van der Waals surface area contributed by atoms with Crippen LogP contribution in [-0.4, -0.2) is 52.1 Å². The highest BCUT2D eigenvalue weighted by Crippen LogP contribution is 2.36. The summed E-state index contributed by atoms with van der Waals surface area (Å²) in [5, 5.41) is 0. The van der Waals surface area contributed by atoms with Gasteiger partial charge in [-0.3, -0.25) is 4.79 Å². The largest absolute Gasteiger partial charge is 0.495 e. The Kier molecular flexibility index (Phi) is 5.88. The number of carbonyl (C=O) groups excluding carboxylic acids is 1. The van der Waals surface area contributed by atoms with Crippen LogP contribution in [0.2, 0.25) is 0 Å². The van der Waals surface area contributed by atoms with Gasteiger partial charge in [-0.25, -0.2) is 4.79 Å². The third kappa shape index (κ3) is 4.59. The highest BCUT2D eigenvalue weighted by molar-refractivity contribution is 6.62. The molecule has 1 amide bonds. The number of hydrogen-bond acceptors (Lipinski definition) is 5. The smallest absolute Gasteiger partial charge is 0.444 e. The van der Waals surface area contributed by atoms with Crippen molar-refractivity contribution in [3.8, 4) is 0 Å². The number of amides is 1. The van der Waals surface area contributed by atoms with Crippen LogP contribution in [0.3, 0.4) is 0 Å². The van der Waals surface area contributed by atoms with Gasteiger partial charge in [-0.15, -0.1) is 0 Å². The van der Waals surface area contributed by atoms with Gasteiger partial charge in [0, 0.05) is 24.8 Å². The van der Waals surface area contributed by atoms with E-state index in [1.165, 1.54) is 0 Å². The zero-order valence-corrected chi connectivity index (χ0v) is 19.6. The van der Waals surface area contributed by atoms with Crippen LogP contribution in [-0.2, 0) is 20.6 Å². The Hall–Kier alpha value is -1.80. The van der Waals surface area contributed by atoms with Gasteiger partial charge < -0.3 is 23.5 Å². The van der Waals surface area contributed by atoms with E-state index in [1.54, 1.807) is 15.5 Å². The SMILES string of the molecule is Cc1cc(B2OC(C)(C)C(C)(C)O2)cc(=O)n1CC1CCCN1C(=O)OC(C)(C)C. The topological polar surface area (TPSA) is 70.0 Å². The third-order valence-electron chi connectivity index (χ3n) is 6.28. The van der Waals surface area contributed by atoms with Gasteiger partial charge >= 0.3 is 13.2 Å². The van der Waals surface area contributed by atoms with E-state index in [2.05, 4.69) is 0 Å². The predicted octanol–water partition coefficient (Wildman–Crippen LogP) is 2.86. The van der Waals surface area contributed by atoms with E-state index in [-0.39, 0.29) is 17.7 Å². The lowest BCUT2D eigenvalue weighted by molar-refractivity contribution is 0.00578. The fraction of sp³-hybridized carbons (Fsp3) is 0.727. The van der Waals surface area contributed by atoms with Crippen molar-refractivity contribution in [1.29, 1.82) is 0 Å². The van der Waals surface area contributed by atoms with Crippen LogP contribution in [0, 0.1) is 6.92 Å². The zero-order valence-electron chi connectivity index (χ0n) is 19.6. The molecule has 0 saturated carbocycles. The molecule has 0 bridgehead atoms. The second kappa shape index (κ2) is 7.72. The predicted molar refractivity (Wildman–Crippen MR) is 117 cm³/mol. The van der Waals surface area contributed by atoms with E-state index in [9.17, 15) is 9.59 Å². The molecule has 0 radical (unpaired) electrons. The summed E-state index contributed by atoms with van der Waals surface area (Å²) in [7, 11) is -0.569. The monoisotopic (exact) mass is 418 g/mol. The molecule has 3 rings (SSSR count). The number of nitrogens with zero attached hydrogens (tertiary/aromatic N) is 2. The van der Waals surface area contributed by atoms with Gasteiger partial charge in [0.25, 0.3) is 0 Å². The quantitative estimate of drug-likeness (QED) is 0.707. The fourth-order valence-corrected chi connectivity index (χ4v) is 3.90. The first-order valence-electron chi connectivity index (χ1n) is 10.8. The first-order valence-corrected chi connectivity index (χ1v) is 10.8. The minimum Gasteiger partial charge on any atom is -0.444 e. The van der Waals surface area contributed by atoms with E-state index in [1.807, 2.05) is 61.5 Å². The molecule has 1 unspecified atom stereocenters. The first kappa shape index (κ1) is 22.9. The van der Waals surface area contributed by atoms with E-state index >= 15 is 0 Å². The summed E-state index contributed by atoms with van der Waals surface area (Å²) in [6.45, 7) is 16.6.